The molecule has 1 rings (SSSR count). The zero-order chi connectivity index (χ0) is 29.1. The van der Waals surface area contributed by atoms with Gasteiger partial charge in [0, 0.05) is 6.42 Å². The van der Waals surface area contributed by atoms with Gasteiger partial charge < -0.3 is 15.2 Å². The van der Waals surface area contributed by atoms with Crippen LogP contribution in [0.3, 0.4) is 0 Å². The molecule has 4 nitrogen and oxygen atoms in total. The third-order valence-electron chi connectivity index (χ3n) is 5.09. The molecule has 0 bridgehead atoms. The van der Waals surface area contributed by atoms with Crippen LogP contribution >= 0.6 is 0 Å². The van der Waals surface area contributed by atoms with Crippen LogP contribution in [-0.2, 0) is 11.2 Å². The first-order valence-electron chi connectivity index (χ1n) is 10.2. The molecule has 0 radical (unpaired) electrons. The lowest BCUT2D eigenvalue weighted by Gasteiger charge is -2.40. The Balaban J connectivity index is 3.19. The number of carbonyl (C=O) groups is 1. The van der Waals surface area contributed by atoms with Crippen molar-refractivity contribution in [1.29, 1.82) is 0 Å². The van der Waals surface area contributed by atoms with Gasteiger partial charge in [0.15, 0.2) is 0 Å². The summed E-state index contributed by atoms with van der Waals surface area (Å²) in [5, 5.41) is 12.2. The zero-order valence-corrected chi connectivity index (χ0v) is 18.5. The van der Waals surface area contributed by atoms with E-state index in [-0.39, 0.29) is 13.0 Å². The summed E-state index contributed by atoms with van der Waals surface area (Å²) in [7, 11) is 0. The van der Waals surface area contributed by atoms with Crippen molar-refractivity contribution >= 4 is 6.09 Å². The van der Waals surface area contributed by atoms with Crippen LogP contribution in [0, 0.1) is 0 Å². The summed E-state index contributed by atoms with van der Waals surface area (Å²) in [6.07, 6.45) is -15.5. The van der Waals surface area contributed by atoms with Gasteiger partial charge in [-0.1, -0.05) is 30.3 Å². The maximum absolute atomic E-state index is 14.0. The first kappa shape index (κ1) is 32.6. The van der Waals surface area contributed by atoms with Gasteiger partial charge in [-0.2, -0.15) is 57.1 Å². The first-order chi connectivity index (χ1) is 16.6. The van der Waals surface area contributed by atoms with Crippen LogP contribution in [-0.4, -0.2) is 65.7 Å². The monoisotopic (exact) mass is 569 g/mol. The van der Waals surface area contributed by atoms with E-state index in [1.807, 2.05) is 5.32 Å². The summed E-state index contributed by atoms with van der Waals surface area (Å²) >= 11 is 0. The number of aliphatic hydroxyl groups excluding tert-OH is 1. The van der Waals surface area contributed by atoms with Crippen molar-refractivity contribution < 1.29 is 71.7 Å². The molecule has 2 N–H and O–H groups in total. The van der Waals surface area contributed by atoms with Gasteiger partial charge in [-0.05, 0) is 25.3 Å². The van der Waals surface area contributed by atoms with Gasteiger partial charge in [-0.3, -0.25) is 0 Å². The second kappa shape index (κ2) is 11.1. The standard InChI is InChI=1S/C20H20F13NO3/c1-2-37-14(36)34-12(10-11-6-4-3-5-7-11)13(35)8-9-15(21,22)16(23,24)17(25,26)18(27,28)19(29,30)20(31,32)33/h3-7,12-13,35H,2,8-10H2,1H3,(H,34,36)/t12-,13+/m0/s1. The summed E-state index contributed by atoms with van der Waals surface area (Å²) in [6.45, 7) is 1.14. The van der Waals surface area contributed by atoms with E-state index in [9.17, 15) is 67.0 Å². The Kier molecular flexibility index (Phi) is 9.78. The average molecular weight is 569 g/mol. The van der Waals surface area contributed by atoms with Crippen LogP contribution in [0.5, 0.6) is 0 Å². The van der Waals surface area contributed by atoms with E-state index in [1.165, 1.54) is 37.3 Å². The first-order valence-corrected chi connectivity index (χ1v) is 10.2. The van der Waals surface area contributed by atoms with E-state index in [0.29, 0.717) is 5.56 Å². The maximum atomic E-state index is 14.0. The molecule has 1 amide bonds. The lowest BCUT2D eigenvalue weighted by atomic mass is 9.90. The number of nitrogens with one attached hydrogen (secondary N) is 1. The minimum absolute atomic E-state index is 0.212. The van der Waals surface area contributed by atoms with Crippen LogP contribution in [0.25, 0.3) is 0 Å². The molecule has 0 aromatic heterocycles. The fourth-order valence-electron chi connectivity index (χ4n) is 2.96. The van der Waals surface area contributed by atoms with Crippen molar-refractivity contribution in [3.05, 3.63) is 35.9 Å². The van der Waals surface area contributed by atoms with Crippen LogP contribution in [0.1, 0.15) is 25.3 Å². The molecule has 17 heteroatoms. The van der Waals surface area contributed by atoms with Crippen LogP contribution < -0.4 is 5.32 Å². The van der Waals surface area contributed by atoms with Crippen molar-refractivity contribution in [1.82, 2.24) is 5.32 Å². The van der Waals surface area contributed by atoms with Crippen molar-refractivity contribution in [3.8, 4) is 0 Å². The topological polar surface area (TPSA) is 58.6 Å². The van der Waals surface area contributed by atoms with Crippen molar-refractivity contribution in [2.24, 2.45) is 0 Å². The Labute approximate surface area is 200 Å². The molecule has 1 aromatic carbocycles. The Bertz CT molecular complexity index is 891. The van der Waals surface area contributed by atoms with E-state index < -0.39 is 66.9 Å². The van der Waals surface area contributed by atoms with Gasteiger partial charge in [0.25, 0.3) is 0 Å². The smallest absolute Gasteiger partial charge is 0.450 e. The van der Waals surface area contributed by atoms with Crippen LogP contribution in [0.2, 0.25) is 0 Å². The zero-order valence-electron chi connectivity index (χ0n) is 18.5. The van der Waals surface area contributed by atoms with E-state index >= 15 is 0 Å². The van der Waals surface area contributed by atoms with E-state index in [2.05, 4.69) is 4.74 Å². The molecule has 2 atom stereocenters. The number of amides is 1. The fourth-order valence-corrected chi connectivity index (χ4v) is 2.96. The Hall–Kier alpha value is -2.46. The minimum Gasteiger partial charge on any atom is -0.450 e. The number of ether oxygens (including phenoxy) is 1. The maximum Gasteiger partial charge on any atom is 0.460 e. The van der Waals surface area contributed by atoms with Crippen molar-refractivity contribution in [2.45, 2.75) is 74.1 Å². The fraction of sp³-hybridized carbons (Fsp3) is 0.650. The van der Waals surface area contributed by atoms with Gasteiger partial charge in [0.1, 0.15) is 0 Å². The molecule has 37 heavy (non-hydrogen) atoms. The van der Waals surface area contributed by atoms with Crippen LogP contribution in [0.4, 0.5) is 61.9 Å². The Morgan fingerprint density at radius 3 is 1.78 bits per heavy atom. The number of carbonyl (C=O) groups excluding carboxylic acids is 1. The SMILES string of the molecule is CCOC(=O)N[C@@H](Cc1ccccc1)[C@H](O)CCC(F)(F)C(F)(F)C(F)(F)C(F)(F)C(F)(F)C(F)(F)F. The van der Waals surface area contributed by atoms with E-state index in [4.69, 9.17) is 0 Å². The molecule has 1 aromatic rings. The Morgan fingerprint density at radius 1 is 0.838 bits per heavy atom. The van der Waals surface area contributed by atoms with Crippen molar-refractivity contribution in [2.75, 3.05) is 6.61 Å². The van der Waals surface area contributed by atoms with Gasteiger partial charge in [-0.15, -0.1) is 0 Å². The molecule has 0 spiro atoms. The summed E-state index contributed by atoms with van der Waals surface area (Å²) in [5.74, 6) is -37.5. The molecule has 0 saturated heterocycles. The highest BCUT2D eigenvalue weighted by Crippen LogP contribution is 2.60. The molecule has 0 saturated carbocycles. The lowest BCUT2D eigenvalue weighted by Crippen LogP contribution is -2.70. The van der Waals surface area contributed by atoms with E-state index in [0.717, 1.165) is 0 Å². The molecule has 0 aliphatic heterocycles. The Morgan fingerprint density at radius 2 is 1.32 bits per heavy atom. The number of hydrogen-bond donors (Lipinski definition) is 2. The summed E-state index contributed by atoms with van der Waals surface area (Å²) in [6, 6.07) is 5.71. The third kappa shape index (κ3) is 6.52. The second-order valence-corrected chi connectivity index (χ2v) is 7.77. The molecular weight excluding hydrogens is 549 g/mol. The molecule has 0 aliphatic carbocycles. The average Bonchev–Trinajstić information content (AvgIpc) is 2.76. The highest BCUT2D eigenvalue weighted by Gasteiger charge is 2.90. The van der Waals surface area contributed by atoms with Crippen molar-refractivity contribution in [3.63, 3.8) is 0 Å². The summed E-state index contributed by atoms with van der Waals surface area (Å²) in [5.41, 5.74) is 0.334. The number of aliphatic hydroxyl groups is 1. The predicted molar refractivity (Wildman–Crippen MR) is 100 cm³/mol. The number of rotatable bonds is 12. The highest BCUT2D eigenvalue weighted by atomic mass is 19.4. The largest absolute Gasteiger partial charge is 0.460 e. The molecular formula is C20H20F13NO3. The second-order valence-electron chi connectivity index (χ2n) is 7.77. The number of halogens is 13. The van der Waals surface area contributed by atoms with Crippen LogP contribution in [0.15, 0.2) is 30.3 Å². The van der Waals surface area contributed by atoms with Gasteiger partial charge in [-0.25, -0.2) is 4.79 Å². The summed E-state index contributed by atoms with van der Waals surface area (Å²) < 4.78 is 177. The predicted octanol–water partition coefficient (Wildman–Crippen LogP) is 6.22. The number of alkyl carbamates (subject to hydrolysis) is 1. The highest BCUT2D eigenvalue weighted by molar-refractivity contribution is 5.67. The number of alkyl halides is 13. The number of hydrogen-bond acceptors (Lipinski definition) is 3. The molecule has 0 unspecified atom stereocenters. The van der Waals surface area contributed by atoms with E-state index in [1.54, 1.807) is 0 Å². The minimum atomic E-state index is -7.99. The normalized spacial score (nSPS) is 15.8. The molecule has 0 fully saturated rings. The summed E-state index contributed by atoms with van der Waals surface area (Å²) in [4.78, 5) is 11.7. The van der Waals surface area contributed by atoms with Gasteiger partial charge in [0.05, 0.1) is 18.8 Å². The number of benzene rings is 1. The van der Waals surface area contributed by atoms with Gasteiger partial charge in [0.2, 0.25) is 0 Å². The quantitative estimate of drug-likeness (QED) is 0.294. The molecule has 0 aliphatic rings. The third-order valence-corrected chi connectivity index (χ3v) is 5.09. The molecule has 0 heterocycles. The van der Waals surface area contributed by atoms with Gasteiger partial charge >= 0.3 is 41.9 Å². The lowest BCUT2D eigenvalue weighted by molar-refractivity contribution is -0.440. The molecule has 214 valence electrons.